The van der Waals surface area contributed by atoms with Gasteiger partial charge in [0.15, 0.2) is 0 Å². The summed E-state index contributed by atoms with van der Waals surface area (Å²) in [5.74, 6) is 0.525. The summed E-state index contributed by atoms with van der Waals surface area (Å²) in [6.07, 6.45) is 9.89. The number of carbonyl (C=O) groups is 1. The summed E-state index contributed by atoms with van der Waals surface area (Å²) in [7, 11) is 0. The van der Waals surface area contributed by atoms with Crippen molar-refractivity contribution in [3.05, 3.63) is 67.1 Å². The smallest absolute Gasteiger partial charge is 0.257 e. The topological polar surface area (TPSA) is 72.7 Å². The molecular formula is C14H11N5O. The summed E-state index contributed by atoms with van der Waals surface area (Å²) in [4.78, 5) is 24.1. The summed E-state index contributed by atoms with van der Waals surface area (Å²) >= 11 is 0. The predicted octanol–water partition coefficient (Wildman–Crippen LogP) is 1.91. The molecular weight excluding hydrogens is 254 g/mol. The molecule has 0 fully saturated rings. The van der Waals surface area contributed by atoms with Gasteiger partial charge < -0.3 is 5.32 Å². The Morgan fingerprint density at radius 2 is 2.05 bits per heavy atom. The zero-order valence-corrected chi connectivity index (χ0v) is 10.5. The van der Waals surface area contributed by atoms with Gasteiger partial charge in [-0.3, -0.25) is 14.3 Å². The zero-order chi connectivity index (χ0) is 13.8. The van der Waals surface area contributed by atoms with Gasteiger partial charge in [-0.25, -0.2) is 9.97 Å². The lowest BCUT2D eigenvalue weighted by Crippen LogP contribution is -2.12. The number of anilines is 1. The average Bonchev–Trinajstić information content (AvgIpc) is 3.03. The van der Waals surface area contributed by atoms with Crippen molar-refractivity contribution in [2.75, 3.05) is 5.32 Å². The highest BCUT2D eigenvalue weighted by Gasteiger charge is 2.06. The summed E-state index contributed by atoms with van der Waals surface area (Å²) in [5, 5.41) is 2.76. The lowest BCUT2D eigenvalue weighted by Gasteiger charge is -2.06. The quantitative estimate of drug-likeness (QED) is 0.785. The first-order chi connectivity index (χ1) is 9.83. The Labute approximate surface area is 115 Å². The Balaban J connectivity index is 1.74. The van der Waals surface area contributed by atoms with Crippen LogP contribution in [0.15, 0.2) is 61.6 Å². The van der Waals surface area contributed by atoms with Crippen molar-refractivity contribution in [1.29, 1.82) is 0 Å². The van der Waals surface area contributed by atoms with E-state index in [1.54, 1.807) is 59.9 Å². The SMILES string of the molecule is O=C(Nc1ccc(-n2ccnc2)nc1)c1cccnc1. The minimum atomic E-state index is -0.213. The van der Waals surface area contributed by atoms with Crippen LogP contribution >= 0.6 is 0 Å². The van der Waals surface area contributed by atoms with E-state index in [-0.39, 0.29) is 5.91 Å². The van der Waals surface area contributed by atoms with Crippen LogP contribution < -0.4 is 5.32 Å². The minimum absolute atomic E-state index is 0.213. The second-order valence-corrected chi connectivity index (χ2v) is 4.07. The number of aromatic nitrogens is 4. The highest BCUT2D eigenvalue weighted by molar-refractivity contribution is 6.03. The fraction of sp³-hybridized carbons (Fsp3) is 0. The third-order valence-electron chi connectivity index (χ3n) is 2.70. The van der Waals surface area contributed by atoms with Gasteiger partial charge in [0.25, 0.3) is 5.91 Å². The molecule has 0 saturated heterocycles. The maximum atomic E-state index is 11.9. The van der Waals surface area contributed by atoms with Gasteiger partial charge in [0.1, 0.15) is 12.1 Å². The third-order valence-corrected chi connectivity index (χ3v) is 2.70. The summed E-state index contributed by atoms with van der Waals surface area (Å²) in [6, 6.07) is 7.02. The van der Waals surface area contributed by atoms with Crippen molar-refractivity contribution < 1.29 is 4.79 Å². The van der Waals surface area contributed by atoms with E-state index in [1.165, 1.54) is 6.20 Å². The molecule has 3 rings (SSSR count). The van der Waals surface area contributed by atoms with Crippen molar-refractivity contribution in [2.45, 2.75) is 0 Å². The van der Waals surface area contributed by atoms with Gasteiger partial charge in [0.2, 0.25) is 0 Å². The number of nitrogens with one attached hydrogen (secondary N) is 1. The van der Waals surface area contributed by atoms with Crippen LogP contribution in [0.2, 0.25) is 0 Å². The van der Waals surface area contributed by atoms with Crippen LogP contribution in [0.25, 0.3) is 5.82 Å². The van der Waals surface area contributed by atoms with Crippen LogP contribution in [0.3, 0.4) is 0 Å². The van der Waals surface area contributed by atoms with Crippen LogP contribution in [0.4, 0.5) is 5.69 Å². The third kappa shape index (κ3) is 2.54. The number of hydrogen-bond acceptors (Lipinski definition) is 4. The fourth-order valence-electron chi connectivity index (χ4n) is 1.71. The minimum Gasteiger partial charge on any atom is -0.321 e. The van der Waals surface area contributed by atoms with E-state index in [0.717, 1.165) is 5.82 Å². The first kappa shape index (κ1) is 12.0. The van der Waals surface area contributed by atoms with E-state index in [1.807, 2.05) is 0 Å². The molecule has 6 nitrogen and oxygen atoms in total. The van der Waals surface area contributed by atoms with Gasteiger partial charge in [-0.15, -0.1) is 0 Å². The predicted molar refractivity (Wildman–Crippen MR) is 73.5 cm³/mol. The Kier molecular flexibility index (Phi) is 3.20. The summed E-state index contributed by atoms with van der Waals surface area (Å²) < 4.78 is 1.78. The molecule has 0 radical (unpaired) electrons. The molecule has 6 heteroatoms. The van der Waals surface area contributed by atoms with Gasteiger partial charge >= 0.3 is 0 Å². The summed E-state index contributed by atoms with van der Waals surface area (Å²) in [5.41, 5.74) is 1.13. The van der Waals surface area contributed by atoms with Crippen LogP contribution in [0.1, 0.15) is 10.4 Å². The van der Waals surface area contributed by atoms with Gasteiger partial charge in [0.05, 0.1) is 17.4 Å². The molecule has 0 aromatic carbocycles. The molecule has 98 valence electrons. The highest BCUT2D eigenvalue weighted by atomic mass is 16.1. The molecule has 0 unspecified atom stereocenters. The molecule has 0 aliphatic rings. The monoisotopic (exact) mass is 265 g/mol. The van der Waals surface area contributed by atoms with Crippen LogP contribution in [-0.4, -0.2) is 25.4 Å². The van der Waals surface area contributed by atoms with Gasteiger partial charge in [-0.1, -0.05) is 0 Å². The van der Waals surface area contributed by atoms with Crippen molar-refractivity contribution in [2.24, 2.45) is 0 Å². The largest absolute Gasteiger partial charge is 0.321 e. The van der Waals surface area contributed by atoms with Crippen molar-refractivity contribution in [3.8, 4) is 5.82 Å². The summed E-state index contributed by atoms with van der Waals surface area (Å²) in [6.45, 7) is 0. The Hall–Kier alpha value is -3.02. The molecule has 20 heavy (non-hydrogen) atoms. The lowest BCUT2D eigenvalue weighted by atomic mass is 10.2. The van der Waals surface area contributed by atoms with Crippen LogP contribution in [0, 0.1) is 0 Å². The standard InChI is InChI=1S/C14H11N5O/c20-14(11-2-1-5-15-8-11)18-12-3-4-13(17-9-12)19-7-6-16-10-19/h1-10H,(H,18,20). The maximum absolute atomic E-state index is 11.9. The van der Waals surface area contributed by atoms with Crippen LogP contribution in [-0.2, 0) is 0 Å². The molecule has 0 spiro atoms. The first-order valence-corrected chi connectivity index (χ1v) is 5.99. The zero-order valence-electron chi connectivity index (χ0n) is 10.5. The second kappa shape index (κ2) is 5.31. The van der Waals surface area contributed by atoms with E-state index in [9.17, 15) is 4.79 Å². The lowest BCUT2D eigenvalue weighted by molar-refractivity contribution is 0.102. The number of carbonyl (C=O) groups excluding carboxylic acids is 1. The molecule has 0 atom stereocenters. The molecule has 3 aromatic rings. The maximum Gasteiger partial charge on any atom is 0.257 e. The average molecular weight is 265 g/mol. The van der Waals surface area contributed by atoms with Gasteiger partial charge in [-0.05, 0) is 24.3 Å². The van der Waals surface area contributed by atoms with E-state index in [4.69, 9.17) is 0 Å². The van der Waals surface area contributed by atoms with Gasteiger partial charge in [-0.2, -0.15) is 0 Å². The van der Waals surface area contributed by atoms with Crippen LogP contribution in [0.5, 0.6) is 0 Å². The number of amides is 1. The van der Waals surface area contributed by atoms with E-state index >= 15 is 0 Å². The fourth-order valence-corrected chi connectivity index (χ4v) is 1.71. The number of hydrogen-bond donors (Lipinski definition) is 1. The van der Waals surface area contributed by atoms with E-state index in [2.05, 4.69) is 20.3 Å². The Morgan fingerprint density at radius 3 is 2.70 bits per heavy atom. The molecule has 3 heterocycles. The number of rotatable bonds is 3. The highest BCUT2D eigenvalue weighted by Crippen LogP contribution is 2.10. The molecule has 1 N–H and O–H groups in total. The number of nitrogens with zero attached hydrogens (tertiary/aromatic N) is 4. The number of pyridine rings is 2. The second-order valence-electron chi connectivity index (χ2n) is 4.07. The van der Waals surface area contributed by atoms with Crippen molar-refractivity contribution in [1.82, 2.24) is 19.5 Å². The molecule has 1 amide bonds. The molecule has 0 aliphatic heterocycles. The first-order valence-electron chi connectivity index (χ1n) is 5.99. The van der Waals surface area contributed by atoms with E-state index < -0.39 is 0 Å². The normalized spacial score (nSPS) is 10.2. The molecule has 0 bridgehead atoms. The van der Waals surface area contributed by atoms with E-state index in [0.29, 0.717) is 11.3 Å². The Bertz CT molecular complexity index is 692. The number of imidazole rings is 1. The Morgan fingerprint density at radius 1 is 1.10 bits per heavy atom. The van der Waals surface area contributed by atoms with Gasteiger partial charge in [0, 0.05) is 24.8 Å². The molecule has 0 saturated carbocycles. The van der Waals surface area contributed by atoms with Crippen molar-refractivity contribution >= 4 is 11.6 Å². The molecule has 0 aliphatic carbocycles. The molecule has 3 aromatic heterocycles. The van der Waals surface area contributed by atoms with Crippen molar-refractivity contribution in [3.63, 3.8) is 0 Å².